The average molecular weight is 338 g/mol. The lowest BCUT2D eigenvalue weighted by Crippen LogP contribution is -2.49. The van der Waals surface area contributed by atoms with Crippen molar-refractivity contribution in [2.75, 3.05) is 0 Å². The van der Waals surface area contributed by atoms with E-state index in [-0.39, 0.29) is 5.41 Å². The highest BCUT2D eigenvalue weighted by Crippen LogP contribution is 2.58. The first-order chi connectivity index (χ1) is 12.1. The van der Waals surface area contributed by atoms with Gasteiger partial charge in [-0.15, -0.1) is 0 Å². The van der Waals surface area contributed by atoms with Crippen molar-refractivity contribution in [1.82, 2.24) is 19.7 Å². The molecule has 0 aromatic carbocycles. The lowest BCUT2D eigenvalue weighted by Gasteiger charge is -2.50. The third-order valence-corrected chi connectivity index (χ3v) is 6.62. The molecule has 4 aliphatic carbocycles. The first-order valence-corrected chi connectivity index (χ1v) is 9.23. The Bertz CT molecular complexity index is 801. The maximum atomic E-state index is 11.7. The van der Waals surface area contributed by atoms with E-state index in [0.717, 1.165) is 68.6 Å². The Hall–Kier alpha value is -2.24. The third-order valence-electron chi connectivity index (χ3n) is 6.62. The molecule has 2 aromatic rings. The van der Waals surface area contributed by atoms with Gasteiger partial charge in [-0.25, -0.2) is 9.67 Å². The zero-order chi connectivity index (χ0) is 17.1. The Kier molecular flexibility index (Phi) is 3.09. The lowest BCUT2D eigenvalue weighted by molar-refractivity contribution is -0.156. The van der Waals surface area contributed by atoms with Crippen LogP contribution in [0.15, 0.2) is 24.5 Å². The highest BCUT2D eigenvalue weighted by Gasteiger charge is 2.55. The van der Waals surface area contributed by atoms with Crippen LogP contribution in [0.1, 0.15) is 63.2 Å². The molecule has 0 amide bonds. The monoisotopic (exact) mass is 338 g/mol. The van der Waals surface area contributed by atoms with Gasteiger partial charge in [-0.2, -0.15) is 5.10 Å². The fourth-order valence-electron chi connectivity index (χ4n) is 4.72. The van der Waals surface area contributed by atoms with Crippen LogP contribution in [0.3, 0.4) is 0 Å². The molecule has 0 radical (unpaired) electrons. The molecule has 25 heavy (non-hydrogen) atoms. The molecule has 4 aliphatic rings. The van der Waals surface area contributed by atoms with Crippen LogP contribution >= 0.6 is 0 Å². The molecule has 0 unspecified atom stereocenters. The number of rotatable bonds is 4. The average Bonchev–Trinajstić information content (AvgIpc) is 3.41. The predicted octanol–water partition coefficient (Wildman–Crippen LogP) is 3.35. The highest BCUT2D eigenvalue weighted by molar-refractivity contribution is 5.75. The summed E-state index contributed by atoms with van der Waals surface area (Å²) in [7, 11) is 0. The van der Waals surface area contributed by atoms with E-state index >= 15 is 0 Å². The van der Waals surface area contributed by atoms with Gasteiger partial charge in [0.2, 0.25) is 0 Å². The normalized spacial score (nSPS) is 31.2. The minimum atomic E-state index is -0.611. The summed E-state index contributed by atoms with van der Waals surface area (Å²) in [4.78, 5) is 20.9. The Labute approximate surface area is 146 Å². The zero-order valence-electron chi connectivity index (χ0n) is 14.2. The van der Waals surface area contributed by atoms with Gasteiger partial charge in [-0.05, 0) is 63.5 Å². The Morgan fingerprint density at radius 1 is 1.16 bits per heavy atom. The summed E-state index contributed by atoms with van der Waals surface area (Å²) in [6.45, 7) is 0. The summed E-state index contributed by atoms with van der Waals surface area (Å²) in [6.07, 6.45) is 10.9. The molecule has 0 aliphatic heterocycles. The molecular formula is C19H22N4O2. The van der Waals surface area contributed by atoms with Gasteiger partial charge in [0.25, 0.3) is 0 Å². The Balaban J connectivity index is 1.54. The maximum Gasteiger partial charge on any atom is 0.309 e. The van der Waals surface area contributed by atoms with Crippen molar-refractivity contribution in [1.29, 1.82) is 0 Å². The van der Waals surface area contributed by atoms with Gasteiger partial charge in [0.1, 0.15) is 5.82 Å². The number of aromatic nitrogens is 4. The van der Waals surface area contributed by atoms with E-state index in [1.807, 2.05) is 18.3 Å². The van der Waals surface area contributed by atoms with Gasteiger partial charge in [0.15, 0.2) is 5.82 Å². The SMILES string of the molecule is O=C(O)C12CCC(c3nc(-c4cccnc4)nn3C3CC3)(CC1)CC2. The molecule has 2 bridgehead atoms. The van der Waals surface area contributed by atoms with Crippen molar-refractivity contribution in [2.45, 2.75) is 62.8 Å². The van der Waals surface area contributed by atoms with Crippen molar-refractivity contribution >= 4 is 5.97 Å². The van der Waals surface area contributed by atoms with E-state index in [4.69, 9.17) is 10.1 Å². The van der Waals surface area contributed by atoms with Crippen molar-refractivity contribution in [3.05, 3.63) is 30.4 Å². The second kappa shape index (κ2) is 5.13. The van der Waals surface area contributed by atoms with Crippen LogP contribution in [0, 0.1) is 5.41 Å². The summed E-state index contributed by atoms with van der Waals surface area (Å²) in [5, 5.41) is 14.5. The minimum absolute atomic E-state index is 0.00719. The molecule has 2 heterocycles. The van der Waals surface area contributed by atoms with E-state index in [9.17, 15) is 9.90 Å². The molecule has 0 saturated heterocycles. The Morgan fingerprint density at radius 3 is 2.44 bits per heavy atom. The number of fused-ring (bicyclic) bond motifs is 3. The third kappa shape index (κ3) is 2.23. The molecule has 4 saturated carbocycles. The van der Waals surface area contributed by atoms with Crippen LogP contribution in [-0.4, -0.2) is 30.8 Å². The summed E-state index contributed by atoms with van der Waals surface area (Å²) >= 11 is 0. The second-order valence-electron chi connectivity index (χ2n) is 8.04. The quantitative estimate of drug-likeness (QED) is 0.924. The van der Waals surface area contributed by atoms with Crippen LogP contribution in [0.25, 0.3) is 11.4 Å². The largest absolute Gasteiger partial charge is 0.481 e. The number of hydrogen-bond donors (Lipinski definition) is 1. The molecule has 6 heteroatoms. The van der Waals surface area contributed by atoms with Crippen molar-refractivity contribution in [2.24, 2.45) is 5.41 Å². The van der Waals surface area contributed by atoms with Crippen LogP contribution in [0.4, 0.5) is 0 Å². The highest BCUT2D eigenvalue weighted by atomic mass is 16.4. The lowest BCUT2D eigenvalue weighted by atomic mass is 9.53. The van der Waals surface area contributed by atoms with Gasteiger partial charge in [-0.3, -0.25) is 9.78 Å². The van der Waals surface area contributed by atoms with Gasteiger partial charge in [0, 0.05) is 23.4 Å². The van der Waals surface area contributed by atoms with Gasteiger partial charge >= 0.3 is 5.97 Å². The van der Waals surface area contributed by atoms with Gasteiger partial charge in [-0.1, -0.05) is 0 Å². The van der Waals surface area contributed by atoms with Crippen molar-refractivity contribution in [3.8, 4) is 11.4 Å². The first kappa shape index (κ1) is 15.0. The van der Waals surface area contributed by atoms with E-state index in [1.54, 1.807) is 6.20 Å². The summed E-state index contributed by atoms with van der Waals surface area (Å²) < 4.78 is 2.15. The summed E-state index contributed by atoms with van der Waals surface area (Å²) in [6, 6.07) is 4.38. The Morgan fingerprint density at radius 2 is 1.88 bits per heavy atom. The molecule has 0 atom stereocenters. The smallest absolute Gasteiger partial charge is 0.309 e. The standard InChI is InChI=1S/C19H22N4O2/c24-17(25)19-8-5-18(6-9-19,7-10-19)16-21-15(13-2-1-11-20-12-13)22-23(16)14-3-4-14/h1-2,11-12,14H,3-10H2,(H,24,25). The van der Waals surface area contributed by atoms with Crippen molar-refractivity contribution < 1.29 is 9.90 Å². The van der Waals surface area contributed by atoms with E-state index in [1.165, 1.54) is 0 Å². The zero-order valence-corrected chi connectivity index (χ0v) is 14.2. The molecule has 2 aromatic heterocycles. The minimum Gasteiger partial charge on any atom is -0.481 e. The molecule has 6 rings (SSSR count). The summed E-state index contributed by atoms with van der Waals surface area (Å²) in [5.74, 6) is 1.23. The number of hydrogen-bond acceptors (Lipinski definition) is 4. The fourth-order valence-corrected chi connectivity index (χ4v) is 4.72. The maximum absolute atomic E-state index is 11.7. The molecule has 1 N–H and O–H groups in total. The molecule has 130 valence electrons. The molecular weight excluding hydrogens is 316 g/mol. The number of aliphatic carboxylic acids is 1. The fraction of sp³-hybridized carbons (Fsp3) is 0.579. The number of nitrogens with zero attached hydrogens (tertiary/aromatic N) is 4. The molecule has 4 fully saturated rings. The van der Waals surface area contributed by atoms with E-state index in [0.29, 0.717) is 6.04 Å². The van der Waals surface area contributed by atoms with E-state index in [2.05, 4.69) is 9.67 Å². The number of carbonyl (C=O) groups is 1. The second-order valence-corrected chi connectivity index (χ2v) is 8.04. The van der Waals surface area contributed by atoms with Crippen LogP contribution < -0.4 is 0 Å². The van der Waals surface area contributed by atoms with Crippen LogP contribution in [0.2, 0.25) is 0 Å². The topological polar surface area (TPSA) is 80.9 Å². The number of carboxylic acid groups (broad SMARTS) is 1. The van der Waals surface area contributed by atoms with E-state index < -0.39 is 11.4 Å². The van der Waals surface area contributed by atoms with Gasteiger partial charge in [0.05, 0.1) is 11.5 Å². The van der Waals surface area contributed by atoms with Crippen LogP contribution in [0.5, 0.6) is 0 Å². The first-order valence-electron chi connectivity index (χ1n) is 9.23. The van der Waals surface area contributed by atoms with Crippen LogP contribution in [-0.2, 0) is 10.2 Å². The van der Waals surface area contributed by atoms with Crippen molar-refractivity contribution in [3.63, 3.8) is 0 Å². The number of pyridine rings is 1. The number of carboxylic acids is 1. The molecule has 6 nitrogen and oxygen atoms in total. The van der Waals surface area contributed by atoms with Gasteiger partial charge < -0.3 is 5.11 Å². The molecule has 0 spiro atoms. The summed E-state index contributed by atoms with van der Waals surface area (Å²) in [5.41, 5.74) is 0.470. The predicted molar refractivity (Wildman–Crippen MR) is 91.0 cm³/mol.